The molecule has 0 radical (unpaired) electrons. The van der Waals surface area contributed by atoms with Crippen LogP contribution in [0.2, 0.25) is 0 Å². The van der Waals surface area contributed by atoms with Crippen molar-refractivity contribution in [3.05, 3.63) is 23.3 Å². The molecule has 4 heteroatoms. The van der Waals surface area contributed by atoms with Crippen molar-refractivity contribution in [1.29, 1.82) is 0 Å². The standard InChI is InChI=1S/2C26H50O2/c1-4-7-9-10-11-12-13-14-15-16-17-18-19-20-22-24-26(27)28-25(6-3)23-21-8-5-2;1-4-7-9-11-12-13-14-15-16-17-18-19-20-22-24(6-3)25(26(27)28)23-21-10-8-5-2/h14-15,25H,4-13,16-24H2,1-3H3;4-23H2,1-3H3,(H,27,28)/b15-14-;. The van der Waals surface area contributed by atoms with Crippen LogP contribution in [0.4, 0.5) is 0 Å². The Morgan fingerprint density at radius 3 is 1.21 bits per heavy atom. The number of hydrogen-bond acceptors (Lipinski definition) is 3. The van der Waals surface area contributed by atoms with Gasteiger partial charge in [-0.05, 0) is 83.5 Å². The summed E-state index contributed by atoms with van der Waals surface area (Å²) >= 11 is 0. The van der Waals surface area contributed by atoms with Gasteiger partial charge in [-0.1, -0.05) is 220 Å². The predicted molar refractivity (Wildman–Crippen MR) is 248 cm³/mol. The summed E-state index contributed by atoms with van der Waals surface area (Å²) in [4.78, 5) is 23.6. The smallest absolute Gasteiger partial charge is 0.331 e. The lowest BCUT2D eigenvalue weighted by Crippen LogP contribution is -2.17. The first-order valence-corrected chi connectivity index (χ1v) is 25.2. The fraction of sp³-hybridized carbons (Fsp3) is 0.885. The van der Waals surface area contributed by atoms with E-state index < -0.39 is 5.97 Å². The van der Waals surface area contributed by atoms with Gasteiger partial charge in [0.15, 0.2) is 0 Å². The highest BCUT2D eigenvalue weighted by atomic mass is 16.5. The van der Waals surface area contributed by atoms with Crippen LogP contribution >= 0.6 is 0 Å². The Morgan fingerprint density at radius 2 is 0.804 bits per heavy atom. The Labute approximate surface area is 351 Å². The van der Waals surface area contributed by atoms with E-state index in [4.69, 9.17) is 4.74 Å². The van der Waals surface area contributed by atoms with E-state index in [0.717, 1.165) is 69.8 Å². The highest BCUT2D eigenvalue weighted by molar-refractivity contribution is 5.87. The van der Waals surface area contributed by atoms with Gasteiger partial charge in [0.1, 0.15) is 6.10 Å². The molecule has 0 aromatic heterocycles. The van der Waals surface area contributed by atoms with E-state index >= 15 is 0 Å². The maximum Gasteiger partial charge on any atom is 0.331 e. The zero-order valence-electron chi connectivity index (χ0n) is 39.0. The molecule has 56 heavy (non-hydrogen) atoms. The Bertz CT molecular complexity index is 874. The number of carboxylic acid groups (broad SMARTS) is 1. The third-order valence-corrected chi connectivity index (χ3v) is 11.5. The third-order valence-electron chi connectivity index (χ3n) is 11.5. The van der Waals surface area contributed by atoms with Gasteiger partial charge in [-0.2, -0.15) is 0 Å². The molecule has 0 aliphatic heterocycles. The molecule has 1 atom stereocenters. The lowest BCUT2D eigenvalue weighted by Gasteiger charge is -2.16. The van der Waals surface area contributed by atoms with Gasteiger partial charge in [0.05, 0.1) is 0 Å². The van der Waals surface area contributed by atoms with Gasteiger partial charge < -0.3 is 9.84 Å². The molecule has 0 saturated heterocycles. The number of unbranched alkanes of at least 4 members (excludes halogenated alkanes) is 28. The van der Waals surface area contributed by atoms with E-state index in [9.17, 15) is 14.7 Å². The number of rotatable bonds is 42. The molecule has 0 aliphatic rings. The van der Waals surface area contributed by atoms with Gasteiger partial charge in [0.25, 0.3) is 0 Å². The van der Waals surface area contributed by atoms with Crippen LogP contribution in [0.5, 0.6) is 0 Å². The molecule has 4 nitrogen and oxygen atoms in total. The van der Waals surface area contributed by atoms with Gasteiger partial charge in [-0.25, -0.2) is 4.79 Å². The molecular weight excluding hydrogens is 689 g/mol. The molecule has 0 aromatic rings. The number of hydrogen-bond donors (Lipinski definition) is 1. The molecule has 0 rings (SSSR count). The van der Waals surface area contributed by atoms with Crippen LogP contribution in [0.3, 0.4) is 0 Å². The minimum Gasteiger partial charge on any atom is -0.478 e. The van der Waals surface area contributed by atoms with Crippen molar-refractivity contribution in [2.75, 3.05) is 0 Å². The molecule has 0 spiro atoms. The van der Waals surface area contributed by atoms with Crippen LogP contribution in [0.15, 0.2) is 23.3 Å². The maximum absolute atomic E-state index is 11.9. The molecule has 1 N–H and O–H groups in total. The number of esters is 1. The first-order chi connectivity index (χ1) is 27.4. The zero-order valence-corrected chi connectivity index (χ0v) is 39.0. The van der Waals surface area contributed by atoms with Crippen molar-refractivity contribution < 1.29 is 19.4 Å². The van der Waals surface area contributed by atoms with Crippen molar-refractivity contribution in [3.63, 3.8) is 0 Å². The molecular formula is C52H100O4. The van der Waals surface area contributed by atoms with Crippen molar-refractivity contribution in [2.45, 2.75) is 298 Å². The minimum atomic E-state index is -0.678. The molecule has 1 unspecified atom stereocenters. The van der Waals surface area contributed by atoms with E-state index in [0.29, 0.717) is 6.42 Å². The fourth-order valence-corrected chi connectivity index (χ4v) is 7.61. The number of ether oxygens (including phenoxy) is 1. The lowest BCUT2D eigenvalue weighted by molar-refractivity contribution is -0.149. The van der Waals surface area contributed by atoms with Crippen molar-refractivity contribution in [3.8, 4) is 0 Å². The lowest BCUT2D eigenvalue weighted by atomic mass is 9.95. The molecule has 0 aromatic carbocycles. The monoisotopic (exact) mass is 789 g/mol. The van der Waals surface area contributed by atoms with Gasteiger partial charge in [-0.3, -0.25) is 4.79 Å². The second-order valence-corrected chi connectivity index (χ2v) is 16.9. The van der Waals surface area contributed by atoms with Gasteiger partial charge in [0, 0.05) is 12.0 Å². The van der Waals surface area contributed by atoms with Crippen LogP contribution < -0.4 is 0 Å². The van der Waals surface area contributed by atoms with Crippen molar-refractivity contribution in [2.24, 2.45) is 0 Å². The summed E-state index contributed by atoms with van der Waals surface area (Å²) in [6.45, 7) is 13.2. The van der Waals surface area contributed by atoms with E-state index in [-0.39, 0.29) is 12.1 Å². The second kappa shape index (κ2) is 47.8. The molecule has 0 heterocycles. The van der Waals surface area contributed by atoms with Crippen LogP contribution in [-0.4, -0.2) is 23.1 Å². The Kier molecular flexibility index (Phi) is 48.2. The minimum absolute atomic E-state index is 0.0148. The summed E-state index contributed by atoms with van der Waals surface area (Å²) in [6, 6.07) is 0. The summed E-state index contributed by atoms with van der Waals surface area (Å²) < 4.78 is 5.62. The summed E-state index contributed by atoms with van der Waals surface area (Å²) in [7, 11) is 0. The van der Waals surface area contributed by atoms with Crippen LogP contribution in [0, 0.1) is 0 Å². The van der Waals surface area contributed by atoms with E-state index in [1.54, 1.807) is 0 Å². The average molecular weight is 789 g/mol. The number of carbonyl (C=O) groups is 2. The summed E-state index contributed by atoms with van der Waals surface area (Å²) in [6.07, 6.45) is 52.8. The van der Waals surface area contributed by atoms with Gasteiger partial charge >= 0.3 is 11.9 Å². The SMILES string of the molecule is CCCCCCCC/C=C\CCCCCCCC(=O)OC(CC)CCCCC.CCCCCCCCCCCCCCCC(CC)=C(CCCCCC)C(=O)O. The van der Waals surface area contributed by atoms with E-state index in [2.05, 4.69) is 53.7 Å². The maximum atomic E-state index is 11.9. The number of allylic oxidation sites excluding steroid dienone is 3. The predicted octanol–water partition coefficient (Wildman–Crippen LogP) is 18.2. The first kappa shape index (κ1) is 56.5. The Balaban J connectivity index is 0. The summed E-state index contributed by atoms with van der Waals surface area (Å²) in [5, 5.41) is 9.58. The van der Waals surface area contributed by atoms with Crippen LogP contribution in [-0.2, 0) is 14.3 Å². The molecule has 0 amide bonds. The quantitative estimate of drug-likeness (QED) is 0.0290. The third kappa shape index (κ3) is 42.0. The van der Waals surface area contributed by atoms with Crippen LogP contribution in [0.25, 0.3) is 0 Å². The number of carbonyl (C=O) groups excluding carboxylic acids is 1. The van der Waals surface area contributed by atoms with E-state index in [1.807, 2.05) is 0 Å². The van der Waals surface area contributed by atoms with Crippen molar-refractivity contribution in [1.82, 2.24) is 0 Å². The van der Waals surface area contributed by atoms with Gasteiger partial charge in [0.2, 0.25) is 0 Å². The largest absolute Gasteiger partial charge is 0.478 e. The highest BCUT2D eigenvalue weighted by Gasteiger charge is 2.13. The normalized spacial score (nSPS) is 12.4. The van der Waals surface area contributed by atoms with E-state index in [1.165, 1.54) is 185 Å². The molecule has 0 saturated carbocycles. The fourth-order valence-electron chi connectivity index (χ4n) is 7.61. The Hall–Kier alpha value is -1.58. The van der Waals surface area contributed by atoms with Crippen molar-refractivity contribution >= 4 is 11.9 Å². The molecule has 332 valence electrons. The van der Waals surface area contributed by atoms with Crippen LogP contribution in [0.1, 0.15) is 292 Å². The second-order valence-electron chi connectivity index (χ2n) is 16.9. The summed E-state index contributed by atoms with van der Waals surface area (Å²) in [5.74, 6) is -0.663. The molecule has 0 fully saturated rings. The number of aliphatic carboxylic acids is 1. The zero-order chi connectivity index (χ0) is 41.6. The molecule has 0 bridgehead atoms. The summed E-state index contributed by atoms with van der Waals surface area (Å²) in [5.41, 5.74) is 1.92. The number of carboxylic acids is 1. The topological polar surface area (TPSA) is 63.6 Å². The molecule has 0 aliphatic carbocycles. The average Bonchev–Trinajstić information content (AvgIpc) is 3.19. The highest BCUT2D eigenvalue weighted by Crippen LogP contribution is 2.23. The van der Waals surface area contributed by atoms with Gasteiger partial charge in [-0.15, -0.1) is 0 Å². The first-order valence-electron chi connectivity index (χ1n) is 25.2. The Morgan fingerprint density at radius 1 is 0.446 bits per heavy atom.